The molecule has 24 heavy (non-hydrogen) atoms. The maximum absolute atomic E-state index is 11.4. The Morgan fingerprint density at radius 3 is 2.54 bits per heavy atom. The third-order valence-corrected chi connectivity index (χ3v) is 5.92. The maximum atomic E-state index is 11.4. The molecule has 132 valence electrons. The van der Waals surface area contributed by atoms with E-state index in [-0.39, 0.29) is 4.92 Å². The monoisotopic (exact) mass is 332 g/mol. The highest BCUT2D eigenvalue weighted by atomic mass is 16.6. The molecule has 1 aromatic rings. The van der Waals surface area contributed by atoms with E-state index in [1.54, 1.807) is 6.07 Å². The van der Waals surface area contributed by atoms with Gasteiger partial charge in [-0.3, -0.25) is 14.6 Å². The molecule has 1 N–H and O–H groups in total. The van der Waals surface area contributed by atoms with Gasteiger partial charge in [0.25, 0.3) is 5.69 Å². The standard InChI is InChI=1S/C19H30N3O2/c1-2-6-16-15-18(7-8-19(16)21(23)24)22(13-4-3-5-14-22)17-9-11-20-12-10-17/h7-8,15,17,20H,2-6,9-14H2,1H3/q+1. The van der Waals surface area contributed by atoms with Gasteiger partial charge in [-0.25, -0.2) is 0 Å². The van der Waals surface area contributed by atoms with Crippen molar-refractivity contribution in [3.8, 4) is 0 Å². The van der Waals surface area contributed by atoms with Crippen molar-refractivity contribution in [1.82, 2.24) is 9.80 Å². The zero-order valence-corrected chi connectivity index (χ0v) is 14.8. The Balaban J connectivity index is 2.00. The van der Waals surface area contributed by atoms with E-state index in [4.69, 9.17) is 0 Å². The second-order valence-corrected chi connectivity index (χ2v) is 7.34. The molecule has 2 heterocycles. The highest BCUT2D eigenvalue weighted by Gasteiger charge is 2.41. The average molecular weight is 332 g/mol. The summed E-state index contributed by atoms with van der Waals surface area (Å²) in [4.78, 5) is 11.1. The summed E-state index contributed by atoms with van der Waals surface area (Å²) in [7, 11) is 0. The first-order chi connectivity index (χ1) is 11.7. The molecule has 0 aromatic heterocycles. The number of nitrogens with one attached hydrogen (secondary N) is 1. The first-order valence-corrected chi connectivity index (χ1v) is 9.53. The van der Waals surface area contributed by atoms with Crippen LogP contribution in [-0.4, -0.2) is 37.1 Å². The fourth-order valence-corrected chi connectivity index (χ4v) is 4.71. The average Bonchev–Trinajstić information content (AvgIpc) is 2.63. The van der Waals surface area contributed by atoms with Gasteiger partial charge in [0, 0.05) is 49.7 Å². The van der Waals surface area contributed by atoms with E-state index < -0.39 is 0 Å². The van der Waals surface area contributed by atoms with Crippen molar-refractivity contribution >= 4 is 11.4 Å². The van der Waals surface area contributed by atoms with Crippen LogP contribution in [0.3, 0.4) is 0 Å². The topological polar surface area (TPSA) is 55.2 Å². The lowest BCUT2D eigenvalue weighted by Crippen LogP contribution is -2.62. The smallest absolute Gasteiger partial charge is 0.273 e. The van der Waals surface area contributed by atoms with Gasteiger partial charge >= 0.3 is 0 Å². The van der Waals surface area contributed by atoms with Crippen LogP contribution in [0.1, 0.15) is 51.0 Å². The van der Waals surface area contributed by atoms with Crippen LogP contribution in [-0.2, 0) is 6.42 Å². The van der Waals surface area contributed by atoms with Gasteiger partial charge in [-0.1, -0.05) is 13.3 Å². The van der Waals surface area contributed by atoms with Gasteiger partial charge in [0.05, 0.1) is 24.1 Å². The van der Waals surface area contributed by atoms with Crippen molar-refractivity contribution in [3.05, 3.63) is 33.9 Å². The van der Waals surface area contributed by atoms with Crippen molar-refractivity contribution in [1.29, 1.82) is 0 Å². The van der Waals surface area contributed by atoms with E-state index in [0.29, 0.717) is 11.7 Å². The van der Waals surface area contributed by atoms with Crippen molar-refractivity contribution < 1.29 is 4.92 Å². The lowest BCUT2D eigenvalue weighted by molar-refractivity contribution is -0.385. The SMILES string of the molecule is CCCc1cc([N+]2(C3CCNCC3)CCCCC2)ccc1[N+](=O)[O-]. The predicted molar refractivity (Wildman–Crippen MR) is 98.4 cm³/mol. The zero-order valence-electron chi connectivity index (χ0n) is 14.8. The van der Waals surface area contributed by atoms with Crippen LogP contribution in [0.25, 0.3) is 0 Å². The molecule has 3 rings (SSSR count). The molecule has 0 spiro atoms. The number of nitro groups is 1. The van der Waals surface area contributed by atoms with Crippen LogP contribution in [0.4, 0.5) is 11.4 Å². The summed E-state index contributed by atoms with van der Waals surface area (Å²) in [6, 6.07) is 6.62. The normalized spacial score (nSPS) is 21.5. The van der Waals surface area contributed by atoms with E-state index >= 15 is 0 Å². The molecular formula is C19H30N3O2+. The van der Waals surface area contributed by atoms with E-state index in [2.05, 4.69) is 18.3 Å². The van der Waals surface area contributed by atoms with Gasteiger partial charge in [-0.15, -0.1) is 0 Å². The summed E-state index contributed by atoms with van der Waals surface area (Å²) in [5.74, 6) is 0. The second kappa shape index (κ2) is 7.62. The van der Waals surface area contributed by atoms with Gasteiger partial charge in [-0.05, 0) is 25.7 Å². The number of benzene rings is 1. The quantitative estimate of drug-likeness (QED) is 0.507. The third-order valence-electron chi connectivity index (χ3n) is 5.92. The Morgan fingerprint density at radius 2 is 1.92 bits per heavy atom. The maximum Gasteiger partial charge on any atom is 0.273 e. The molecule has 5 heteroatoms. The summed E-state index contributed by atoms with van der Waals surface area (Å²) >= 11 is 0. The van der Waals surface area contributed by atoms with Crippen molar-refractivity contribution in [3.63, 3.8) is 0 Å². The lowest BCUT2D eigenvalue weighted by Gasteiger charge is -2.48. The number of aryl methyl sites for hydroxylation is 1. The minimum absolute atomic E-state index is 0.222. The number of rotatable bonds is 5. The largest absolute Gasteiger partial charge is 0.316 e. The number of piperidine rings is 2. The van der Waals surface area contributed by atoms with Crippen LogP contribution in [0.2, 0.25) is 0 Å². The van der Waals surface area contributed by atoms with Crippen LogP contribution in [0.15, 0.2) is 18.2 Å². The molecule has 1 aromatic carbocycles. The Hall–Kier alpha value is -1.46. The number of likely N-dealkylation sites (tertiary alicyclic amines) is 1. The molecule has 0 bridgehead atoms. The zero-order chi connectivity index (χ0) is 17.0. The molecule has 0 saturated carbocycles. The highest BCUT2D eigenvalue weighted by Crippen LogP contribution is 2.37. The summed E-state index contributed by atoms with van der Waals surface area (Å²) in [5.41, 5.74) is 2.52. The van der Waals surface area contributed by atoms with Gasteiger partial charge in [0.1, 0.15) is 5.69 Å². The highest BCUT2D eigenvalue weighted by molar-refractivity contribution is 5.54. The fourth-order valence-electron chi connectivity index (χ4n) is 4.71. The van der Waals surface area contributed by atoms with Crippen molar-refractivity contribution in [2.75, 3.05) is 26.2 Å². The Labute approximate surface area is 144 Å². The lowest BCUT2D eigenvalue weighted by atomic mass is 9.94. The van der Waals surface area contributed by atoms with E-state index in [1.165, 1.54) is 50.9 Å². The molecule has 0 atom stereocenters. The van der Waals surface area contributed by atoms with Crippen LogP contribution in [0, 0.1) is 10.1 Å². The van der Waals surface area contributed by atoms with Crippen molar-refractivity contribution in [2.45, 2.75) is 57.9 Å². The molecule has 0 unspecified atom stereocenters. The molecule has 0 amide bonds. The minimum atomic E-state index is -0.222. The van der Waals surface area contributed by atoms with Gasteiger partial charge in [0.15, 0.2) is 0 Å². The molecule has 2 saturated heterocycles. The van der Waals surface area contributed by atoms with Crippen molar-refractivity contribution in [2.24, 2.45) is 0 Å². The number of hydrogen-bond acceptors (Lipinski definition) is 3. The number of hydrogen-bond donors (Lipinski definition) is 1. The Kier molecular flexibility index (Phi) is 5.51. The Morgan fingerprint density at radius 1 is 1.21 bits per heavy atom. The van der Waals surface area contributed by atoms with Crippen LogP contribution < -0.4 is 9.80 Å². The molecule has 0 radical (unpaired) electrons. The third kappa shape index (κ3) is 3.33. The molecular weight excluding hydrogens is 302 g/mol. The number of nitrogens with zero attached hydrogens (tertiary/aromatic N) is 2. The summed E-state index contributed by atoms with van der Waals surface area (Å²) < 4.78 is 1.05. The van der Waals surface area contributed by atoms with E-state index in [9.17, 15) is 10.1 Å². The first kappa shape index (κ1) is 17.4. The number of nitro benzene ring substituents is 1. The summed E-state index contributed by atoms with van der Waals surface area (Å²) in [6.07, 6.45) is 8.00. The molecule has 2 aliphatic heterocycles. The summed E-state index contributed by atoms with van der Waals surface area (Å²) in [5, 5.41) is 14.8. The molecule has 2 aliphatic rings. The molecule has 5 nitrogen and oxygen atoms in total. The van der Waals surface area contributed by atoms with Gasteiger partial charge in [0.2, 0.25) is 0 Å². The molecule has 2 fully saturated rings. The molecule has 0 aliphatic carbocycles. The first-order valence-electron chi connectivity index (χ1n) is 9.53. The minimum Gasteiger partial charge on any atom is -0.316 e. The van der Waals surface area contributed by atoms with Crippen LogP contribution >= 0.6 is 0 Å². The van der Waals surface area contributed by atoms with Crippen LogP contribution in [0.5, 0.6) is 0 Å². The predicted octanol–water partition coefficient (Wildman–Crippen LogP) is 3.79. The van der Waals surface area contributed by atoms with E-state index in [0.717, 1.165) is 36.0 Å². The van der Waals surface area contributed by atoms with E-state index in [1.807, 2.05) is 6.07 Å². The van der Waals surface area contributed by atoms with Gasteiger partial charge in [-0.2, -0.15) is 0 Å². The van der Waals surface area contributed by atoms with Gasteiger partial charge < -0.3 is 5.32 Å². The Bertz CT molecular complexity index is 576. The second-order valence-electron chi connectivity index (χ2n) is 7.34. The summed E-state index contributed by atoms with van der Waals surface area (Å²) in [6.45, 7) is 6.66. The fraction of sp³-hybridized carbons (Fsp3) is 0.684. The number of quaternary nitrogens is 1.